The van der Waals surface area contributed by atoms with Gasteiger partial charge in [-0.25, -0.2) is 9.36 Å². The molecule has 2 heterocycles. The summed E-state index contributed by atoms with van der Waals surface area (Å²) >= 11 is 0. The minimum atomic E-state index is -4.12. The maximum absolute atomic E-state index is 11.9. The van der Waals surface area contributed by atoms with Crippen LogP contribution in [0.2, 0.25) is 0 Å². The second-order valence-electron chi connectivity index (χ2n) is 4.99. The standard InChI is InChI=1S/C12H20N3O6P/c1-3-4-8-9(21-22(17,18)19-2)7-11(20-8)15-6-5-10(13)14-12(15)16/h5-6,8-9,11H,3-4,7H2,1-2H3,(H,17,18)(H2,13,14,16)/t8-,9-,11-/m1/s1. The number of nitrogen functional groups attached to an aromatic ring is 1. The van der Waals surface area contributed by atoms with Crippen LogP contribution in [0.25, 0.3) is 0 Å². The highest BCUT2D eigenvalue weighted by molar-refractivity contribution is 7.47. The molecule has 9 nitrogen and oxygen atoms in total. The second kappa shape index (κ2) is 6.89. The molecular weight excluding hydrogens is 313 g/mol. The number of phosphoric ester groups is 1. The Labute approximate surface area is 127 Å². The van der Waals surface area contributed by atoms with Crippen LogP contribution < -0.4 is 11.4 Å². The highest BCUT2D eigenvalue weighted by Gasteiger charge is 2.41. The minimum absolute atomic E-state index is 0.122. The highest BCUT2D eigenvalue weighted by atomic mass is 31.2. The Hall–Kier alpha value is -1.25. The Morgan fingerprint density at radius 1 is 1.64 bits per heavy atom. The van der Waals surface area contributed by atoms with Gasteiger partial charge in [-0.3, -0.25) is 13.6 Å². The van der Waals surface area contributed by atoms with Crippen LogP contribution in [0.5, 0.6) is 0 Å². The van der Waals surface area contributed by atoms with Crippen LogP contribution in [0.1, 0.15) is 32.4 Å². The van der Waals surface area contributed by atoms with E-state index in [1.54, 1.807) is 0 Å². The summed E-state index contributed by atoms with van der Waals surface area (Å²) < 4.78 is 28.2. The average molecular weight is 333 g/mol. The summed E-state index contributed by atoms with van der Waals surface area (Å²) in [6, 6.07) is 1.49. The summed E-state index contributed by atoms with van der Waals surface area (Å²) in [5.41, 5.74) is 4.91. The van der Waals surface area contributed by atoms with Crippen molar-refractivity contribution in [3.05, 3.63) is 22.7 Å². The van der Waals surface area contributed by atoms with Crippen LogP contribution in [0.4, 0.5) is 5.82 Å². The van der Waals surface area contributed by atoms with Crippen LogP contribution in [-0.4, -0.2) is 33.8 Å². The van der Waals surface area contributed by atoms with Crippen LogP contribution in [-0.2, 0) is 18.3 Å². The van der Waals surface area contributed by atoms with Gasteiger partial charge in [0, 0.05) is 19.7 Å². The quantitative estimate of drug-likeness (QED) is 0.740. The van der Waals surface area contributed by atoms with Gasteiger partial charge in [-0.15, -0.1) is 0 Å². The molecule has 0 saturated carbocycles. The Bertz CT molecular complexity index is 621. The van der Waals surface area contributed by atoms with E-state index in [0.29, 0.717) is 6.42 Å². The van der Waals surface area contributed by atoms with E-state index in [1.807, 2.05) is 6.92 Å². The van der Waals surface area contributed by atoms with Gasteiger partial charge in [0.25, 0.3) is 0 Å². The number of hydrogen-bond acceptors (Lipinski definition) is 7. The predicted molar refractivity (Wildman–Crippen MR) is 78.1 cm³/mol. The average Bonchev–Trinajstić information content (AvgIpc) is 2.81. The van der Waals surface area contributed by atoms with Crippen molar-refractivity contribution in [1.82, 2.24) is 9.55 Å². The summed E-state index contributed by atoms with van der Waals surface area (Å²) in [7, 11) is -3.03. The van der Waals surface area contributed by atoms with E-state index in [1.165, 1.54) is 16.8 Å². The van der Waals surface area contributed by atoms with Crippen molar-refractivity contribution in [3.8, 4) is 0 Å². The third-order valence-corrected chi connectivity index (χ3v) is 4.41. The molecule has 0 spiro atoms. The van der Waals surface area contributed by atoms with E-state index in [-0.39, 0.29) is 12.2 Å². The molecule has 4 atom stereocenters. The van der Waals surface area contributed by atoms with Crippen molar-refractivity contribution >= 4 is 13.6 Å². The molecule has 10 heteroatoms. The van der Waals surface area contributed by atoms with Crippen molar-refractivity contribution in [2.75, 3.05) is 12.8 Å². The largest absolute Gasteiger partial charge is 0.472 e. The lowest BCUT2D eigenvalue weighted by atomic mass is 10.1. The molecule has 1 fully saturated rings. The minimum Gasteiger partial charge on any atom is -0.383 e. The van der Waals surface area contributed by atoms with Gasteiger partial charge in [-0.2, -0.15) is 4.98 Å². The zero-order valence-electron chi connectivity index (χ0n) is 12.4. The number of nitrogens with zero attached hydrogens (tertiary/aromatic N) is 2. The monoisotopic (exact) mass is 333 g/mol. The van der Waals surface area contributed by atoms with E-state index in [9.17, 15) is 14.3 Å². The number of rotatable bonds is 6. The SMILES string of the molecule is CCC[C@H]1O[C@@H](n2ccc(N)nc2=O)C[C@H]1OP(=O)(O)OC. The van der Waals surface area contributed by atoms with Gasteiger partial charge >= 0.3 is 13.5 Å². The predicted octanol–water partition coefficient (Wildman–Crippen LogP) is 1.05. The number of ether oxygens (including phenoxy) is 1. The first kappa shape index (κ1) is 17.1. The first-order valence-corrected chi connectivity index (χ1v) is 8.43. The van der Waals surface area contributed by atoms with Crippen LogP contribution >= 0.6 is 7.82 Å². The summed E-state index contributed by atoms with van der Waals surface area (Å²) in [5, 5.41) is 0. The van der Waals surface area contributed by atoms with Gasteiger partial charge in [0.2, 0.25) is 0 Å². The fourth-order valence-electron chi connectivity index (χ4n) is 2.38. The fraction of sp³-hybridized carbons (Fsp3) is 0.667. The van der Waals surface area contributed by atoms with E-state index >= 15 is 0 Å². The number of phosphoric acid groups is 1. The van der Waals surface area contributed by atoms with Gasteiger partial charge in [-0.05, 0) is 12.5 Å². The molecule has 1 saturated heterocycles. The Balaban J connectivity index is 2.19. The molecule has 0 amide bonds. The lowest BCUT2D eigenvalue weighted by Gasteiger charge is -2.19. The number of nitrogens with two attached hydrogens (primary N) is 1. The fourth-order valence-corrected chi connectivity index (χ4v) is 3.03. The molecule has 3 N–H and O–H groups in total. The molecular formula is C12H20N3O6P. The molecule has 1 aliphatic rings. The van der Waals surface area contributed by atoms with Crippen molar-refractivity contribution in [2.24, 2.45) is 0 Å². The Kier molecular flexibility index (Phi) is 5.36. The lowest BCUT2D eigenvalue weighted by Crippen LogP contribution is -2.27. The summed E-state index contributed by atoms with van der Waals surface area (Å²) in [6.07, 6.45) is 1.47. The maximum Gasteiger partial charge on any atom is 0.472 e. The molecule has 0 bridgehead atoms. The molecule has 1 aromatic heterocycles. The summed E-state index contributed by atoms with van der Waals surface area (Å²) in [5.74, 6) is 0.122. The summed E-state index contributed by atoms with van der Waals surface area (Å²) in [4.78, 5) is 25.0. The molecule has 1 unspecified atom stereocenters. The van der Waals surface area contributed by atoms with E-state index in [0.717, 1.165) is 13.5 Å². The molecule has 0 aliphatic carbocycles. The number of anilines is 1. The van der Waals surface area contributed by atoms with Gasteiger partial charge in [0.1, 0.15) is 12.0 Å². The van der Waals surface area contributed by atoms with Gasteiger partial charge in [0.15, 0.2) is 0 Å². The van der Waals surface area contributed by atoms with E-state index in [2.05, 4.69) is 9.51 Å². The highest BCUT2D eigenvalue weighted by Crippen LogP contribution is 2.47. The molecule has 1 aromatic rings. The molecule has 22 heavy (non-hydrogen) atoms. The topological polar surface area (TPSA) is 126 Å². The normalized spacial score (nSPS) is 27.7. The van der Waals surface area contributed by atoms with Gasteiger partial charge in [0.05, 0.1) is 12.2 Å². The van der Waals surface area contributed by atoms with E-state index < -0.39 is 31.9 Å². The third kappa shape index (κ3) is 3.93. The zero-order valence-corrected chi connectivity index (χ0v) is 13.3. The van der Waals surface area contributed by atoms with Crippen molar-refractivity contribution in [1.29, 1.82) is 0 Å². The third-order valence-electron chi connectivity index (χ3n) is 3.41. The van der Waals surface area contributed by atoms with Crippen molar-refractivity contribution in [3.63, 3.8) is 0 Å². The number of hydrogen-bond donors (Lipinski definition) is 2. The van der Waals surface area contributed by atoms with E-state index in [4.69, 9.17) is 15.0 Å². The molecule has 1 aliphatic heterocycles. The molecule has 124 valence electrons. The van der Waals surface area contributed by atoms with Crippen LogP contribution in [0.3, 0.4) is 0 Å². The Morgan fingerprint density at radius 3 is 2.95 bits per heavy atom. The van der Waals surface area contributed by atoms with Crippen LogP contribution in [0.15, 0.2) is 17.1 Å². The number of aromatic nitrogens is 2. The second-order valence-corrected chi connectivity index (χ2v) is 6.50. The molecule has 0 radical (unpaired) electrons. The zero-order chi connectivity index (χ0) is 16.3. The molecule has 2 rings (SSSR count). The van der Waals surface area contributed by atoms with Gasteiger partial charge < -0.3 is 15.4 Å². The lowest BCUT2D eigenvalue weighted by molar-refractivity contribution is -0.0248. The van der Waals surface area contributed by atoms with Gasteiger partial charge in [-0.1, -0.05) is 13.3 Å². The molecule has 0 aromatic carbocycles. The first-order chi connectivity index (χ1) is 10.4. The van der Waals surface area contributed by atoms with Crippen LogP contribution in [0, 0.1) is 0 Å². The maximum atomic E-state index is 11.9. The summed E-state index contributed by atoms with van der Waals surface area (Å²) in [6.45, 7) is 1.96. The Morgan fingerprint density at radius 2 is 2.36 bits per heavy atom. The smallest absolute Gasteiger partial charge is 0.383 e. The first-order valence-electron chi connectivity index (χ1n) is 6.93. The van der Waals surface area contributed by atoms with Crippen molar-refractivity contribution < 1.29 is 23.2 Å². The van der Waals surface area contributed by atoms with Crippen molar-refractivity contribution in [2.45, 2.75) is 44.6 Å².